The van der Waals surface area contributed by atoms with E-state index in [1.165, 1.54) is 86.9 Å². The number of pyridine rings is 1. The second kappa shape index (κ2) is 10.7. The molecule has 53 heavy (non-hydrogen) atoms. The number of hydrogen-bond donors (Lipinski definition) is 0. The van der Waals surface area contributed by atoms with Crippen LogP contribution in [0.15, 0.2) is 182 Å². The number of hydrogen-bond acceptors (Lipinski definition) is 1. The highest BCUT2D eigenvalue weighted by Crippen LogP contribution is 2.46. The molecule has 2 heterocycles. The first-order chi connectivity index (χ1) is 26.3. The van der Waals surface area contributed by atoms with Gasteiger partial charge in [0, 0.05) is 21.5 Å². The normalized spacial score (nSPS) is 12.2. The maximum atomic E-state index is 5.45. The van der Waals surface area contributed by atoms with E-state index in [2.05, 4.69) is 186 Å². The Hall–Kier alpha value is -7.03. The Morgan fingerprint density at radius 3 is 1.42 bits per heavy atom. The summed E-state index contributed by atoms with van der Waals surface area (Å²) in [6, 6.07) is 66.8. The van der Waals surface area contributed by atoms with Crippen molar-refractivity contribution in [2.75, 3.05) is 0 Å². The predicted octanol–water partition coefficient (Wildman–Crippen LogP) is 13.9. The van der Waals surface area contributed by atoms with Gasteiger partial charge in [-0.3, -0.25) is 4.40 Å². The van der Waals surface area contributed by atoms with E-state index in [0.717, 1.165) is 27.6 Å². The SMILES string of the molecule is c1ccc2cc(-c3c4ccccc4c(-c4ccc5c(c4)c4ccccc4c4nc6c7ccccc7c7ccccc7c6n54)c4ccccc34)ccc2c1. The van der Waals surface area contributed by atoms with E-state index in [-0.39, 0.29) is 0 Å². The molecular formula is C51H30N2. The van der Waals surface area contributed by atoms with Crippen LogP contribution in [0.1, 0.15) is 0 Å². The number of benzene rings is 10. The fourth-order valence-corrected chi connectivity index (χ4v) is 9.23. The molecule has 0 aliphatic heterocycles. The smallest absolute Gasteiger partial charge is 0.146 e. The van der Waals surface area contributed by atoms with E-state index >= 15 is 0 Å². The topological polar surface area (TPSA) is 17.3 Å². The molecule has 0 radical (unpaired) electrons. The Bertz CT molecular complexity index is 3460. The molecule has 2 aromatic heterocycles. The van der Waals surface area contributed by atoms with Crippen LogP contribution in [0.3, 0.4) is 0 Å². The zero-order chi connectivity index (χ0) is 34.6. The standard InChI is InChI=1S/C51H30N2/c1-2-14-32-29-33(26-25-31(32)13-1)47-38-18-6-8-20-40(38)48(41-21-9-7-19-39(41)47)34-27-28-46-45(30-34)37-17-5-12-24-44(37)51-52-49-42-22-10-3-15-35(42)36-16-4-11-23-43(36)50(49)53(46)51/h1-30H. The molecular weight excluding hydrogens is 641 g/mol. The van der Waals surface area contributed by atoms with E-state index in [9.17, 15) is 0 Å². The number of nitrogens with zero attached hydrogens (tertiary/aromatic N) is 2. The van der Waals surface area contributed by atoms with Crippen molar-refractivity contribution in [1.29, 1.82) is 0 Å². The Morgan fingerprint density at radius 2 is 0.774 bits per heavy atom. The molecule has 0 aliphatic carbocycles. The molecule has 0 amide bonds. The first-order valence-electron chi connectivity index (χ1n) is 18.3. The second-order valence-corrected chi connectivity index (χ2v) is 14.2. The maximum absolute atomic E-state index is 5.45. The molecule has 2 heteroatoms. The molecule has 0 atom stereocenters. The molecule has 0 saturated carbocycles. The van der Waals surface area contributed by atoms with Crippen LogP contribution in [-0.2, 0) is 0 Å². The molecule has 12 aromatic rings. The fraction of sp³-hybridized carbons (Fsp3) is 0. The number of fused-ring (bicyclic) bond motifs is 16. The molecule has 0 aliphatic rings. The molecule has 0 unspecified atom stereocenters. The van der Waals surface area contributed by atoms with Crippen molar-refractivity contribution in [2.24, 2.45) is 0 Å². The van der Waals surface area contributed by atoms with Crippen LogP contribution in [0.4, 0.5) is 0 Å². The summed E-state index contributed by atoms with van der Waals surface area (Å²) in [6.45, 7) is 0. The summed E-state index contributed by atoms with van der Waals surface area (Å²) in [7, 11) is 0. The second-order valence-electron chi connectivity index (χ2n) is 14.2. The quantitative estimate of drug-likeness (QED) is 0.132. The van der Waals surface area contributed by atoms with Crippen LogP contribution in [0.2, 0.25) is 0 Å². The van der Waals surface area contributed by atoms with Crippen LogP contribution >= 0.6 is 0 Å². The minimum atomic E-state index is 0.994. The Morgan fingerprint density at radius 1 is 0.321 bits per heavy atom. The summed E-state index contributed by atoms with van der Waals surface area (Å²) in [4.78, 5) is 5.45. The minimum absolute atomic E-state index is 0.994. The Balaban J connectivity index is 1.21. The van der Waals surface area contributed by atoms with Crippen LogP contribution < -0.4 is 0 Å². The third-order valence-corrected chi connectivity index (χ3v) is 11.5. The molecule has 0 N–H and O–H groups in total. The van der Waals surface area contributed by atoms with Gasteiger partial charge in [0.2, 0.25) is 0 Å². The average Bonchev–Trinajstić information content (AvgIpc) is 3.64. The highest BCUT2D eigenvalue weighted by Gasteiger charge is 2.21. The van der Waals surface area contributed by atoms with Gasteiger partial charge in [0.25, 0.3) is 0 Å². The summed E-state index contributed by atoms with van der Waals surface area (Å²) in [5.41, 5.74) is 9.34. The van der Waals surface area contributed by atoms with Crippen LogP contribution in [0.25, 0.3) is 114 Å². The molecule has 10 aromatic carbocycles. The lowest BCUT2D eigenvalue weighted by atomic mass is 9.85. The summed E-state index contributed by atoms with van der Waals surface area (Å²) >= 11 is 0. The van der Waals surface area contributed by atoms with Gasteiger partial charge in [0.05, 0.1) is 16.6 Å². The first-order valence-corrected chi connectivity index (χ1v) is 18.3. The van der Waals surface area contributed by atoms with E-state index < -0.39 is 0 Å². The fourth-order valence-electron chi connectivity index (χ4n) is 9.23. The van der Waals surface area contributed by atoms with Crippen LogP contribution in [0.5, 0.6) is 0 Å². The minimum Gasteiger partial charge on any atom is -0.291 e. The van der Waals surface area contributed by atoms with E-state index in [1.54, 1.807) is 0 Å². The third-order valence-electron chi connectivity index (χ3n) is 11.5. The van der Waals surface area contributed by atoms with Gasteiger partial charge in [0.15, 0.2) is 0 Å². The van der Waals surface area contributed by atoms with Gasteiger partial charge in [-0.2, -0.15) is 0 Å². The van der Waals surface area contributed by atoms with Crippen LogP contribution in [0, 0.1) is 0 Å². The highest BCUT2D eigenvalue weighted by atomic mass is 15.0. The number of aromatic nitrogens is 2. The van der Waals surface area contributed by atoms with E-state index in [4.69, 9.17) is 4.98 Å². The van der Waals surface area contributed by atoms with Crippen molar-refractivity contribution < 1.29 is 0 Å². The average molecular weight is 671 g/mol. The van der Waals surface area contributed by atoms with Gasteiger partial charge in [-0.15, -0.1) is 0 Å². The number of imidazole rings is 1. The Labute approximate surface area is 304 Å². The summed E-state index contributed by atoms with van der Waals surface area (Å²) in [5.74, 6) is 0. The van der Waals surface area contributed by atoms with Crippen molar-refractivity contribution in [1.82, 2.24) is 9.38 Å². The first kappa shape index (κ1) is 28.6. The Kier molecular flexibility index (Phi) is 5.80. The van der Waals surface area contributed by atoms with Crippen LogP contribution in [-0.4, -0.2) is 9.38 Å². The van der Waals surface area contributed by atoms with Gasteiger partial charge in [-0.1, -0.05) is 164 Å². The van der Waals surface area contributed by atoms with E-state index in [1.807, 2.05) is 0 Å². The highest BCUT2D eigenvalue weighted by molar-refractivity contribution is 6.27. The summed E-state index contributed by atoms with van der Waals surface area (Å²) < 4.78 is 2.42. The maximum Gasteiger partial charge on any atom is 0.146 e. The van der Waals surface area contributed by atoms with Crippen molar-refractivity contribution in [2.45, 2.75) is 0 Å². The van der Waals surface area contributed by atoms with E-state index in [0.29, 0.717) is 0 Å². The van der Waals surface area contributed by atoms with Gasteiger partial charge >= 0.3 is 0 Å². The lowest BCUT2D eigenvalue weighted by Crippen LogP contribution is -1.94. The van der Waals surface area contributed by atoms with Gasteiger partial charge in [-0.05, 0) is 88.9 Å². The zero-order valence-electron chi connectivity index (χ0n) is 28.7. The summed E-state index contributed by atoms with van der Waals surface area (Å²) in [6.07, 6.45) is 0. The molecule has 244 valence electrons. The molecule has 0 saturated heterocycles. The van der Waals surface area contributed by atoms with Gasteiger partial charge in [-0.25, -0.2) is 4.98 Å². The molecule has 0 fully saturated rings. The lowest BCUT2D eigenvalue weighted by Gasteiger charge is -2.19. The van der Waals surface area contributed by atoms with Gasteiger partial charge in [0.1, 0.15) is 5.65 Å². The molecule has 0 spiro atoms. The lowest BCUT2D eigenvalue weighted by molar-refractivity contribution is 1.32. The van der Waals surface area contributed by atoms with Crippen molar-refractivity contribution in [3.63, 3.8) is 0 Å². The molecule has 0 bridgehead atoms. The zero-order valence-corrected chi connectivity index (χ0v) is 28.7. The molecule has 12 rings (SSSR count). The van der Waals surface area contributed by atoms with Gasteiger partial charge < -0.3 is 0 Å². The molecule has 2 nitrogen and oxygen atoms in total. The van der Waals surface area contributed by atoms with Crippen molar-refractivity contribution in [3.05, 3.63) is 182 Å². The monoisotopic (exact) mass is 670 g/mol. The largest absolute Gasteiger partial charge is 0.291 e. The van der Waals surface area contributed by atoms with Crippen molar-refractivity contribution in [3.8, 4) is 22.3 Å². The predicted molar refractivity (Wildman–Crippen MR) is 226 cm³/mol. The summed E-state index contributed by atoms with van der Waals surface area (Å²) in [5, 5.41) is 16.0. The van der Waals surface area contributed by atoms with Crippen molar-refractivity contribution >= 4 is 92.2 Å². The number of rotatable bonds is 2. The third kappa shape index (κ3) is 3.95.